The van der Waals surface area contributed by atoms with Crippen molar-refractivity contribution in [2.75, 3.05) is 6.67 Å². The average molecular weight is 527 g/mol. The van der Waals surface area contributed by atoms with Crippen molar-refractivity contribution in [1.82, 2.24) is 0 Å². The molecule has 0 heterocycles. The van der Waals surface area contributed by atoms with E-state index in [1.165, 1.54) is 70.6 Å². The maximum absolute atomic E-state index is 15.2. The van der Waals surface area contributed by atoms with Crippen LogP contribution < -0.4 is 0 Å². The molecule has 2 saturated carbocycles. The molecule has 2 aromatic carbocycles. The monoisotopic (exact) mass is 526 g/mol. The molecule has 4 rings (SSSR count). The molecule has 2 aliphatic rings. The second-order valence-corrected chi connectivity index (χ2v) is 12.5. The highest BCUT2D eigenvalue weighted by atomic mass is 19.1. The van der Waals surface area contributed by atoms with E-state index in [9.17, 15) is 4.39 Å². The van der Waals surface area contributed by atoms with Crippen molar-refractivity contribution >= 4 is 0 Å². The minimum absolute atomic E-state index is 0.172. The molecule has 0 bridgehead atoms. The molecule has 2 fully saturated rings. The third kappa shape index (κ3) is 8.36. The molecule has 0 aliphatic heterocycles. The van der Waals surface area contributed by atoms with Gasteiger partial charge in [-0.25, -0.2) is 8.78 Å². The fourth-order valence-corrected chi connectivity index (χ4v) is 6.99. The average Bonchev–Trinajstić information content (AvgIpc) is 2.93. The van der Waals surface area contributed by atoms with E-state index in [-0.39, 0.29) is 24.2 Å². The number of benzene rings is 2. The summed E-state index contributed by atoms with van der Waals surface area (Å²) in [4.78, 5) is 0. The second kappa shape index (κ2) is 15.1. The maximum atomic E-state index is 15.2. The van der Waals surface area contributed by atoms with E-state index in [1.807, 2.05) is 18.2 Å². The van der Waals surface area contributed by atoms with Crippen molar-refractivity contribution in [2.24, 2.45) is 11.8 Å². The lowest BCUT2D eigenvalue weighted by atomic mass is 9.76. The fourth-order valence-electron chi connectivity index (χ4n) is 6.99. The van der Waals surface area contributed by atoms with Crippen LogP contribution in [0.2, 0.25) is 0 Å². The lowest BCUT2D eigenvalue weighted by molar-refractivity contribution is 0.298. The summed E-state index contributed by atoms with van der Waals surface area (Å²) in [5, 5.41) is 0. The first-order valence-corrected chi connectivity index (χ1v) is 15.7. The molecule has 0 aromatic heterocycles. The standard InChI is InChI=1S/C35H49F3/c1-26-11-15-28(16-12-26)30-19-21-33(34(37)24-30)31-20-22-32(35(38)25-31)29-17-13-27(14-18-29)10-8-6-4-2-3-5-7-9-23-36/h19-22,24-29H,2-18,23H2,1H3/t26-,27-,28-,29-. The van der Waals surface area contributed by atoms with Crippen molar-refractivity contribution in [3.63, 3.8) is 0 Å². The summed E-state index contributed by atoms with van der Waals surface area (Å²) in [6.07, 6.45) is 19.8. The Kier molecular flexibility index (Phi) is 11.6. The molecule has 38 heavy (non-hydrogen) atoms. The number of hydrogen-bond donors (Lipinski definition) is 0. The zero-order valence-corrected chi connectivity index (χ0v) is 23.6. The zero-order chi connectivity index (χ0) is 26.7. The molecule has 0 unspecified atom stereocenters. The number of alkyl halides is 1. The molecular formula is C35H49F3. The van der Waals surface area contributed by atoms with E-state index < -0.39 is 0 Å². The normalized spacial score (nSPS) is 24.0. The fraction of sp³-hybridized carbons (Fsp3) is 0.657. The van der Waals surface area contributed by atoms with E-state index in [0.717, 1.165) is 61.5 Å². The lowest BCUT2D eigenvalue weighted by Gasteiger charge is -2.29. The summed E-state index contributed by atoms with van der Waals surface area (Å²) in [5.74, 6) is 1.88. The van der Waals surface area contributed by atoms with Crippen LogP contribution in [0.3, 0.4) is 0 Å². The van der Waals surface area contributed by atoms with Crippen LogP contribution in [0.4, 0.5) is 13.2 Å². The molecule has 0 radical (unpaired) electrons. The van der Waals surface area contributed by atoms with Crippen molar-refractivity contribution in [3.8, 4) is 11.1 Å². The molecule has 2 aromatic rings. The Morgan fingerprint density at radius 1 is 0.632 bits per heavy atom. The van der Waals surface area contributed by atoms with Gasteiger partial charge in [0.05, 0.1) is 6.67 Å². The van der Waals surface area contributed by atoms with Gasteiger partial charge in [0.25, 0.3) is 0 Å². The highest BCUT2D eigenvalue weighted by Crippen LogP contribution is 2.40. The summed E-state index contributed by atoms with van der Waals surface area (Å²) < 4.78 is 42.4. The molecule has 0 N–H and O–H groups in total. The van der Waals surface area contributed by atoms with E-state index in [4.69, 9.17) is 0 Å². The Morgan fingerprint density at radius 2 is 1.26 bits per heavy atom. The van der Waals surface area contributed by atoms with Crippen LogP contribution in [0, 0.1) is 23.5 Å². The molecular weight excluding hydrogens is 477 g/mol. The second-order valence-electron chi connectivity index (χ2n) is 12.5. The Labute approximate surface area is 229 Å². The molecule has 210 valence electrons. The van der Waals surface area contributed by atoms with Gasteiger partial charge in [-0.05, 0) is 97.4 Å². The lowest BCUT2D eigenvalue weighted by Crippen LogP contribution is -2.14. The Hall–Kier alpha value is -1.77. The predicted octanol–water partition coefficient (Wildman–Crippen LogP) is 11.7. The van der Waals surface area contributed by atoms with Gasteiger partial charge in [-0.2, -0.15) is 0 Å². The summed E-state index contributed by atoms with van der Waals surface area (Å²) >= 11 is 0. The first-order chi connectivity index (χ1) is 18.5. The van der Waals surface area contributed by atoms with Gasteiger partial charge in [0.2, 0.25) is 0 Å². The van der Waals surface area contributed by atoms with Crippen LogP contribution in [-0.4, -0.2) is 6.67 Å². The minimum atomic E-state index is -0.231. The minimum Gasteiger partial charge on any atom is -0.251 e. The van der Waals surface area contributed by atoms with Gasteiger partial charge in [0, 0.05) is 5.56 Å². The van der Waals surface area contributed by atoms with Crippen molar-refractivity contribution < 1.29 is 13.2 Å². The Balaban J connectivity index is 1.22. The summed E-state index contributed by atoms with van der Waals surface area (Å²) in [6, 6.07) is 11.0. The van der Waals surface area contributed by atoms with E-state index >= 15 is 8.78 Å². The van der Waals surface area contributed by atoms with Gasteiger partial charge >= 0.3 is 0 Å². The summed E-state index contributed by atoms with van der Waals surface area (Å²) in [6.45, 7) is 2.13. The number of halogens is 3. The third-order valence-corrected chi connectivity index (χ3v) is 9.57. The summed E-state index contributed by atoms with van der Waals surface area (Å²) in [5.41, 5.74) is 3.06. The quantitative estimate of drug-likeness (QED) is 0.228. The van der Waals surface area contributed by atoms with Crippen molar-refractivity contribution in [1.29, 1.82) is 0 Å². The van der Waals surface area contributed by atoms with Gasteiger partial charge in [0.15, 0.2) is 0 Å². The summed E-state index contributed by atoms with van der Waals surface area (Å²) in [7, 11) is 0. The topological polar surface area (TPSA) is 0 Å². The molecule has 0 atom stereocenters. The van der Waals surface area contributed by atoms with E-state index in [1.54, 1.807) is 12.1 Å². The zero-order valence-electron chi connectivity index (χ0n) is 23.6. The third-order valence-electron chi connectivity index (χ3n) is 9.57. The Morgan fingerprint density at radius 3 is 1.89 bits per heavy atom. The number of rotatable bonds is 13. The van der Waals surface area contributed by atoms with E-state index in [2.05, 4.69) is 13.0 Å². The van der Waals surface area contributed by atoms with Crippen molar-refractivity contribution in [3.05, 3.63) is 59.2 Å². The highest BCUT2D eigenvalue weighted by molar-refractivity contribution is 5.65. The van der Waals surface area contributed by atoms with Crippen LogP contribution in [0.15, 0.2) is 36.4 Å². The Bertz CT molecular complexity index is 967. The smallest absolute Gasteiger partial charge is 0.131 e. The molecule has 0 amide bonds. The van der Waals surface area contributed by atoms with Gasteiger partial charge in [0.1, 0.15) is 11.6 Å². The van der Waals surface area contributed by atoms with Gasteiger partial charge < -0.3 is 0 Å². The molecule has 0 spiro atoms. The SMILES string of the molecule is C[C@H]1CC[C@H](c2ccc(-c3ccc([C@H]4CC[C@H](CCCCCCCCCCF)CC4)c(F)c3)c(F)c2)CC1. The largest absolute Gasteiger partial charge is 0.251 e. The van der Waals surface area contributed by atoms with E-state index in [0.29, 0.717) is 17.0 Å². The van der Waals surface area contributed by atoms with Gasteiger partial charge in [-0.15, -0.1) is 0 Å². The first kappa shape index (κ1) is 29.2. The molecule has 0 saturated heterocycles. The van der Waals surface area contributed by atoms with Crippen LogP contribution in [-0.2, 0) is 0 Å². The molecule has 2 aliphatic carbocycles. The number of unbranched alkanes of at least 4 members (excludes halogenated alkanes) is 7. The first-order valence-electron chi connectivity index (χ1n) is 15.7. The maximum Gasteiger partial charge on any atom is 0.131 e. The molecule has 0 nitrogen and oxygen atoms in total. The van der Waals surface area contributed by atoms with Gasteiger partial charge in [-0.1, -0.05) is 95.4 Å². The van der Waals surface area contributed by atoms with Crippen LogP contribution in [0.25, 0.3) is 11.1 Å². The van der Waals surface area contributed by atoms with Crippen LogP contribution >= 0.6 is 0 Å². The predicted molar refractivity (Wildman–Crippen MR) is 154 cm³/mol. The van der Waals surface area contributed by atoms with Crippen LogP contribution in [0.1, 0.15) is 139 Å². The van der Waals surface area contributed by atoms with Crippen molar-refractivity contribution in [2.45, 2.75) is 128 Å². The van der Waals surface area contributed by atoms with Gasteiger partial charge in [-0.3, -0.25) is 4.39 Å². The highest BCUT2D eigenvalue weighted by Gasteiger charge is 2.25. The number of hydrogen-bond acceptors (Lipinski definition) is 0. The van der Waals surface area contributed by atoms with Crippen LogP contribution in [0.5, 0.6) is 0 Å². The molecule has 3 heteroatoms.